The molecule has 0 atom stereocenters. The molecule has 4 rings (SSSR count). The van der Waals surface area contributed by atoms with Crippen molar-refractivity contribution in [3.8, 4) is 11.5 Å². The highest BCUT2D eigenvalue weighted by Gasteiger charge is 2.15. The zero-order chi connectivity index (χ0) is 17.4. The third-order valence-electron chi connectivity index (χ3n) is 4.30. The third kappa shape index (κ3) is 2.74. The Morgan fingerprint density at radius 2 is 1.68 bits per heavy atom. The number of aromatic nitrogens is 4. The average Bonchev–Trinajstić information content (AvgIpc) is 2.99. The van der Waals surface area contributed by atoms with E-state index in [9.17, 15) is 4.79 Å². The first-order chi connectivity index (χ1) is 12.1. The summed E-state index contributed by atoms with van der Waals surface area (Å²) >= 11 is 0. The second kappa shape index (κ2) is 6.02. The number of imidazole rings is 1. The lowest BCUT2D eigenvalue weighted by Crippen LogP contribution is -2.21. The highest BCUT2D eigenvalue weighted by molar-refractivity contribution is 5.80. The van der Waals surface area contributed by atoms with Crippen LogP contribution in [0.3, 0.4) is 0 Å². The Balaban J connectivity index is 1.94. The molecule has 0 spiro atoms. The summed E-state index contributed by atoms with van der Waals surface area (Å²) in [6, 6.07) is 18.3. The van der Waals surface area contributed by atoms with Crippen LogP contribution in [0.4, 0.5) is 0 Å². The Morgan fingerprint density at radius 3 is 2.44 bits per heavy atom. The van der Waals surface area contributed by atoms with Crippen LogP contribution in [0.25, 0.3) is 22.6 Å². The molecular weight excluding hydrogens is 312 g/mol. The molecule has 0 N–H and O–H groups in total. The molecule has 2 aromatic carbocycles. The van der Waals surface area contributed by atoms with Crippen LogP contribution in [-0.2, 0) is 13.6 Å². The standard InChI is InChI=1S/C20H18N4O/c1-14-20(25)23(2)13-17(21-14)19-22-16-10-6-7-11-18(16)24(19)12-15-8-4-3-5-9-15/h3-11,13H,12H2,1-2H3. The molecule has 5 heteroatoms. The van der Waals surface area contributed by atoms with E-state index < -0.39 is 0 Å². The van der Waals surface area contributed by atoms with Crippen molar-refractivity contribution in [1.82, 2.24) is 19.1 Å². The number of rotatable bonds is 3. The minimum absolute atomic E-state index is 0.0885. The molecule has 0 saturated carbocycles. The van der Waals surface area contributed by atoms with Crippen molar-refractivity contribution in [3.05, 3.63) is 82.4 Å². The SMILES string of the molecule is Cc1nc(-c2nc3ccccc3n2Cc2ccccc2)cn(C)c1=O. The number of aryl methyl sites for hydroxylation is 2. The Morgan fingerprint density at radius 1 is 0.960 bits per heavy atom. The molecule has 124 valence electrons. The van der Waals surface area contributed by atoms with Crippen molar-refractivity contribution in [1.29, 1.82) is 0 Å². The van der Waals surface area contributed by atoms with Gasteiger partial charge < -0.3 is 9.13 Å². The van der Waals surface area contributed by atoms with E-state index in [4.69, 9.17) is 4.98 Å². The van der Waals surface area contributed by atoms with Gasteiger partial charge in [-0.15, -0.1) is 0 Å². The van der Waals surface area contributed by atoms with E-state index in [0.29, 0.717) is 17.9 Å². The van der Waals surface area contributed by atoms with Gasteiger partial charge in [0, 0.05) is 19.8 Å². The van der Waals surface area contributed by atoms with Crippen LogP contribution in [0.2, 0.25) is 0 Å². The highest BCUT2D eigenvalue weighted by atomic mass is 16.1. The largest absolute Gasteiger partial charge is 0.318 e. The second-order valence-corrected chi connectivity index (χ2v) is 6.12. The van der Waals surface area contributed by atoms with Gasteiger partial charge in [-0.3, -0.25) is 4.79 Å². The summed E-state index contributed by atoms with van der Waals surface area (Å²) in [4.78, 5) is 21.2. The van der Waals surface area contributed by atoms with E-state index in [2.05, 4.69) is 27.8 Å². The van der Waals surface area contributed by atoms with Crippen LogP contribution in [0.15, 0.2) is 65.6 Å². The molecule has 0 amide bonds. The fraction of sp³-hybridized carbons (Fsp3) is 0.150. The van der Waals surface area contributed by atoms with Crippen LogP contribution in [-0.4, -0.2) is 19.1 Å². The van der Waals surface area contributed by atoms with Crippen molar-refractivity contribution in [2.75, 3.05) is 0 Å². The van der Waals surface area contributed by atoms with Gasteiger partial charge in [0.15, 0.2) is 5.82 Å². The first-order valence-electron chi connectivity index (χ1n) is 8.17. The molecule has 0 fully saturated rings. The second-order valence-electron chi connectivity index (χ2n) is 6.12. The summed E-state index contributed by atoms with van der Waals surface area (Å²) in [5.41, 5.74) is 4.24. The van der Waals surface area contributed by atoms with Crippen LogP contribution in [0.1, 0.15) is 11.3 Å². The van der Waals surface area contributed by atoms with Gasteiger partial charge in [-0.2, -0.15) is 0 Å². The molecule has 0 aliphatic carbocycles. The lowest BCUT2D eigenvalue weighted by atomic mass is 10.2. The van der Waals surface area contributed by atoms with E-state index in [0.717, 1.165) is 16.9 Å². The predicted molar refractivity (Wildman–Crippen MR) is 98.5 cm³/mol. The van der Waals surface area contributed by atoms with Gasteiger partial charge >= 0.3 is 0 Å². The minimum Gasteiger partial charge on any atom is -0.318 e. The normalized spacial score (nSPS) is 11.1. The van der Waals surface area contributed by atoms with Crippen LogP contribution < -0.4 is 5.56 Å². The van der Waals surface area contributed by atoms with Crippen molar-refractivity contribution < 1.29 is 0 Å². The molecule has 0 aliphatic heterocycles. The number of para-hydroxylation sites is 2. The Bertz CT molecular complexity index is 1080. The fourth-order valence-corrected chi connectivity index (χ4v) is 3.06. The van der Waals surface area contributed by atoms with Crippen molar-refractivity contribution >= 4 is 11.0 Å². The molecule has 5 nitrogen and oxygen atoms in total. The summed E-state index contributed by atoms with van der Waals surface area (Å²) in [6.45, 7) is 2.43. The van der Waals surface area contributed by atoms with Gasteiger partial charge in [0.2, 0.25) is 0 Å². The van der Waals surface area contributed by atoms with E-state index in [1.807, 2.05) is 36.4 Å². The molecule has 25 heavy (non-hydrogen) atoms. The molecule has 0 radical (unpaired) electrons. The number of fused-ring (bicyclic) bond motifs is 1. The van der Waals surface area contributed by atoms with E-state index in [1.165, 1.54) is 5.56 Å². The first-order valence-corrected chi connectivity index (χ1v) is 8.17. The topological polar surface area (TPSA) is 52.7 Å². The van der Waals surface area contributed by atoms with Gasteiger partial charge in [0.1, 0.15) is 11.4 Å². The predicted octanol–water partition coefficient (Wildman–Crippen LogP) is 3.15. The van der Waals surface area contributed by atoms with E-state index in [-0.39, 0.29) is 5.56 Å². The van der Waals surface area contributed by atoms with E-state index >= 15 is 0 Å². The monoisotopic (exact) mass is 330 g/mol. The smallest absolute Gasteiger partial charge is 0.271 e. The first kappa shape index (κ1) is 15.3. The Kier molecular flexibility index (Phi) is 3.69. The molecule has 4 aromatic rings. The molecule has 0 bridgehead atoms. The van der Waals surface area contributed by atoms with Crippen LogP contribution >= 0.6 is 0 Å². The number of hydrogen-bond acceptors (Lipinski definition) is 3. The van der Waals surface area contributed by atoms with E-state index in [1.54, 1.807) is 24.7 Å². The fourth-order valence-electron chi connectivity index (χ4n) is 3.06. The van der Waals surface area contributed by atoms with Gasteiger partial charge in [0.05, 0.1) is 11.0 Å². The minimum atomic E-state index is -0.0885. The highest BCUT2D eigenvalue weighted by Crippen LogP contribution is 2.24. The lowest BCUT2D eigenvalue weighted by Gasteiger charge is -2.10. The molecular formula is C20H18N4O. The molecule has 0 saturated heterocycles. The zero-order valence-electron chi connectivity index (χ0n) is 14.2. The van der Waals surface area contributed by atoms with Gasteiger partial charge in [-0.1, -0.05) is 42.5 Å². The average molecular weight is 330 g/mol. The van der Waals surface area contributed by atoms with Crippen LogP contribution in [0.5, 0.6) is 0 Å². The Labute approximate surface area is 145 Å². The summed E-state index contributed by atoms with van der Waals surface area (Å²) in [6.07, 6.45) is 1.75. The van der Waals surface area contributed by atoms with Crippen LogP contribution in [0, 0.1) is 6.92 Å². The number of hydrogen-bond donors (Lipinski definition) is 0. The molecule has 2 aromatic heterocycles. The van der Waals surface area contributed by atoms with Crippen molar-refractivity contribution in [2.45, 2.75) is 13.5 Å². The zero-order valence-corrected chi connectivity index (χ0v) is 14.2. The van der Waals surface area contributed by atoms with Crippen molar-refractivity contribution in [3.63, 3.8) is 0 Å². The summed E-state index contributed by atoms with van der Waals surface area (Å²) < 4.78 is 3.71. The molecule has 0 unspecified atom stereocenters. The maximum absolute atomic E-state index is 12.0. The Hall–Kier alpha value is -3.21. The number of nitrogens with zero attached hydrogens (tertiary/aromatic N) is 4. The summed E-state index contributed by atoms with van der Waals surface area (Å²) in [5.74, 6) is 0.767. The maximum atomic E-state index is 12.0. The molecule has 0 aliphatic rings. The summed E-state index contributed by atoms with van der Waals surface area (Å²) in [5, 5.41) is 0. The summed E-state index contributed by atoms with van der Waals surface area (Å²) in [7, 11) is 1.74. The lowest BCUT2D eigenvalue weighted by molar-refractivity contribution is 0.799. The quantitative estimate of drug-likeness (QED) is 0.580. The van der Waals surface area contributed by atoms with Crippen molar-refractivity contribution in [2.24, 2.45) is 7.05 Å². The molecule has 2 heterocycles. The number of benzene rings is 2. The van der Waals surface area contributed by atoms with Gasteiger partial charge in [0.25, 0.3) is 5.56 Å². The van der Waals surface area contributed by atoms with Gasteiger partial charge in [-0.05, 0) is 24.6 Å². The van der Waals surface area contributed by atoms with Gasteiger partial charge in [-0.25, -0.2) is 9.97 Å². The third-order valence-corrected chi connectivity index (χ3v) is 4.30. The maximum Gasteiger partial charge on any atom is 0.271 e.